The highest BCUT2D eigenvalue weighted by Crippen LogP contribution is 2.23. The maximum absolute atomic E-state index is 13.1. The van der Waals surface area contributed by atoms with Gasteiger partial charge in [-0.2, -0.15) is 0 Å². The number of fused-ring (bicyclic) bond motifs is 1. The quantitative estimate of drug-likeness (QED) is 0.741. The van der Waals surface area contributed by atoms with Crippen LogP contribution in [0.5, 0.6) is 0 Å². The third-order valence-corrected chi connectivity index (χ3v) is 5.29. The Balaban J connectivity index is 1.26. The van der Waals surface area contributed by atoms with Gasteiger partial charge in [-0.15, -0.1) is 0 Å². The van der Waals surface area contributed by atoms with Crippen LogP contribution in [-0.2, 0) is 9.59 Å². The Morgan fingerprint density at radius 3 is 2.27 bits per heavy atom. The second kappa shape index (κ2) is 8.06. The Morgan fingerprint density at radius 2 is 1.63 bits per heavy atom. The number of halogens is 1. The molecule has 0 radical (unpaired) electrons. The van der Waals surface area contributed by atoms with Crippen LogP contribution in [0.3, 0.4) is 0 Å². The third kappa shape index (κ3) is 3.80. The molecular formula is C22H20FN3O4. The number of carbonyl (C=O) groups is 4. The lowest BCUT2D eigenvalue weighted by Crippen LogP contribution is -2.37. The SMILES string of the molecule is O=C(CCCN1C(=O)c2ccccc2C1=O)N[C@@H]1CC(=O)N(c2ccc(F)cc2)C1. The molecule has 7 nitrogen and oxygen atoms in total. The molecular weight excluding hydrogens is 389 g/mol. The van der Waals surface area contributed by atoms with Gasteiger partial charge in [-0.25, -0.2) is 4.39 Å². The summed E-state index contributed by atoms with van der Waals surface area (Å²) in [6.07, 6.45) is 0.635. The summed E-state index contributed by atoms with van der Waals surface area (Å²) in [6, 6.07) is 11.9. The normalized spacial score (nSPS) is 18.2. The second-order valence-electron chi connectivity index (χ2n) is 7.36. The highest BCUT2D eigenvalue weighted by molar-refractivity contribution is 6.21. The van der Waals surface area contributed by atoms with E-state index >= 15 is 0 Å². The summed E-state index contributed by atoms with van der Waals surface area (Å²) >= 11 is 0. The lowest BCUT2D eigenvalue weighted by molar-refractivity contribution is -0.121. The molecule has 0 spiro atoms. The van der Waals surface area contributed by atoms with Crippen molar-refractivity contribution in [1.82, 2.24) is 10.2 Å². The molecule has 0 aliphatic carbocycles. The number of hydrogen-bond donors (Lipinski definition) is 1. The van der Waals surface area contributed by atoms with Crippen LogP contribution in [0, 0.1) is 5.82 Å². The van der Waals surface area contributed by atoms with Crippen LogP contribution in [0.1, 0.15) is 40.0 Å². The molecule has 4 rings (SSSR count). The van der Waals surface area contributed by atoms with Gasteiger partial charge in [0.05, 0.1) is 17.2 Å². The summed E-state index contributed by atoms with van der Waals surface area (Å²) < 4.78 is 13.1. The number of nitrogens with zero attached hydrogens (tertiary/aromatic N) is 2. The van der Waals surface area contributed by atoms with E-state index in [0.29, 0.717) is 29.8 Å². The second-order valence-corrected chi connectivity index (χ2v) is 7.36. The maximum Gasteiger partial charge on any atom is 0.261 e. The number of amides is 4. The standard InChI is InChI=1S/C22H20FN3O4/c23-14-7-9-16(10-8-14)26-13-15(12-20(26)28)24-19(27)6-3-11-25-21(29)17-4-1-2-5-18(17)22(25)30/h1-2,4-5,7-10,15H,3,6,11-13H2,(H,24,27)/t15-/m1/s1. The first kappa shape index (κ1) is 19.8. The highest BCUT2D eigenvalue weighted by Gasteiger charge is 2.35. The molecule has 1 saturated heterocycles. The lowest BCUT2D eigenvalue weighted by atomic mass is 10.1. The Bertz CT molecular complexity index is 986. The van der Waals surface area contributed by atoms with Gasteiger partial charge in [-0.05, 0) is 42.8 Å². The minimum absolute atomic E-state index is 0.134. The van der Waals surface area contributed by atoms with Crippen molar-refractivity contribution in [2.45, 2.75) is 25.3 Å². The van der Waals surface area contributed by atoms with Crippen molar-refractivity contribution in [3.05, 3.63) is 65.5 Å². The van der Waals surface area contributed by atoms with E-state index in [-0.39, 0.29) is 54.9 Å². The number of carbonyl (C=O) groups excluding carboxylic acids is 4. The van der Waals surface area contributed by atoms with E-state index in [2.05, 4.69) is 5.32 Å². The number of imide groups is 1. The van der Waals surface area contributed by atoms with Crippen LogP contribution in [0.15, 0.2) is 48.5 Å². The van der Waals surface area contributed by atoms with E-state index in [0.717, 1.165) is 4.90 Å². The fourth-order valence-corrected chi connectivity index (χ4v) is 3.81. The topological polar surface area (TPSA) is 86.8 Å². The summed E-state index contributed by atoms with van der Waals surface area (Å²) in [7, 11) is 0. The average molecular weight is 409 g/mol. The minimum atomic E-state index is -0.381. The van der Waals surface area contributed by atoms with Gasteiger partial charge in [0.25, 0.3) is 11.8 Å². The molecule has 0 saturated carbocycles. The molecule has 2 heterocycles. The van der Waals surface area contributed by atoms with E-state index in [9.17, 15) is 23.6 Å². The number of hydrogen-bond acceptors (Lipinski definition) is 4. The molecule has 1 atom stereocenters. The van der Waals surface area contributed by atoms with E-state index in [1.54, 1.807) is 24.3 Å². The summed E-state index contributed by atoms with van der Waals surface area (Å²) in [4.78, 5) is 51.8. The van der Waals surface area contributed by atoms with Crippen LogP contribution in [0.25, 0.3) is 0 Å². The molecule has 2 aromatic rings. The Labute approximate surface area is 172 Å². The molecule has 2 aromatic carbocycles. The van der Waals surface area contributed by atoms with Gasteiger partial charge in [0.15, 0.2) is 0 Å². The van der Waals surface area contributed by atoms with E-state index in [1.165, 1.54) is 29.2 Å². The van der Waals surface area contributed by atoms with Crippen LogP contribution >= 0.6 is 0 Å². The van der Waals surface area contributed by atoms with Gasteiger partial charge in [0.2, 0.25) is 11.8 Å². The predicted octanol–water partition coefficient (Wildman–Crippen LogP) is 2.12. The van der Waals surface area contributed by atoms with Gasteiger partial charge < -0.3 is 10.2 Å². The fraction of sp³-hybridized carbons (Fsp3) is 0.273. The molecule has 0 bridgehead atoms. The zero-order valence-electron chi connectivity index (χ0n) is 16.1. The fourth-order valence-electron chi connectivity index (χ4n) is 3.81. The molecule has 4 amide bonds. The maximum atomic E-state index is 13.1. The monoisotopic (exact) mass is 409 g/mol. The Kier molecular flexibility index (Phi) is 5.31. The van der Waals surface area contributed by atoms with Crippen molar-refractivity contribution >= 4 is 29.3 Å². The molecule has 154 valence electrons. The number of rotatable bonds is 6. The first-order valence-electron chi connectivity index (χ1n) is 9.74. The van der Waals surface area contributed by atoms with Crippen LogP contribution in [-0.4, -0.2) is 47.7 Å². The zero-order chi connectivity index (χ0) is 21.3. The zero-order valence-corrected chi connectivity index (χ0v) is 16.1. The van der Waals surface area contributed by atoms with Gasteiger partial charge in [0.1, 0.15) is 5.82 Å². The molecule has 2 aliphatic heterocycles. The van der Waals surface area contributed by atoms with Crippen LogP contribution in [0.2, 0.25) is 0 Å². The summed E-state index contributed by atoms with van der Waals surface area (Å²) in [5.74, 6) is -1.45. The Morgan fingerprint density at radius 1 is 1.00 bits per heavy atom. The first-order valence-corrected chi connectivity index (χ1v) is 9.74. The minimum Gasteiger partial charge on any atom is -0.351 e. The lowest BCUT2D eigenvalue weighted by Gasteiger charge is -2.17. The van der Waals surface area contributed by atoms with E-state index < -0.39 is 0 Å². The highest BCUT2D eigenvalue weighted by atomic mass is 19.1. The third-order valence-electron chi connectivity index (χ3n) is 5.29. The van der Waals surface area contributed by atoms with Crippen LogP contribution < -0.4 is 10.2 Å². The molecule has 30 heavy (non-hydrogen) atoms. The van der Waals surface area contributed by atoms with Gasteiger partial charge >= 0.3 is 0 Å². The van der Waals surface area contributed by atoms with Crippen molar-refractivity contribution in [2.75, 3.05) is 18.0 Å². The number of nitrogens with one attached hydrogen (secondary N) is 1. The van der Waals surface area contributed by atoms with Crippen molar-refractivity contribution in [1.29, 1.82) is 0 Å². The smallest absolute Gasteiger partial charge is 0.261 e. The van der Waals surface area contributed by atoms with Crippen molar-refractivity contribution in [3.63, 3.8) is 0 Å². The van der Waals surface area contributed by atoms with Crippen molar-refractivity contribution in [3.8, 4) is 0 Å². The van der Waals surface area contributed by atoms with Gasteiger partial charge in [-0.3, -0.25) is 24.1 Å². The Hall–Kier alpha value is -3.55. The summed E-state index contributed by atoms with van der Waals surface area (Å²) in [5.41, 5.74) is 1.36. The molecule has 2 aliphatic rings. The van der Waals surface area contributed by atoms with Gasteiger partial charge in [0, 0.05) is 31.6 Å². The summed E-state index contributed by atoms with van der Waals surface area (Å²) in [5, 5.41) is 2.82. The largest absolute Gasteiger partial charge is 0.351 e. The molecule has 8 heteroatoms. The average Bonchev–Trinajstić information content (AvgIpc) is 3.21. The van der Waals surface area contributed by atoms with E-state index in [4.69, 9.17) is 0 Å². The van der Waals surface area contributed by atoms with Crippen molar-refractivity contribution in [2.24, 2.45) is 0 Å². The number of anilines is 1. The van der Waals surface area contributed by atoms with Crippen LogP contribution in [0.4, 0.5) is 10.1 Å². The van der Waals surface area contributed by atoms with Crippen molar-refractivity contribution < 1.29 is 23.6 Å². The number of benzene rings is 2. The molecule has 0 unspecified atom stereocenters. The van der Waals surface area contributed by atoms with E-state index in [1.807, 2.05) is 0 Å². The first-order chi connectivity index (χ1) is 14.4. The molecule has 1 fully saturated rings. The van der Waals surface area contributed by atoms with Gasteiger partial charge in [-0.1, -0.05) is 12.1 Å². The molecule has 1 N–H and O–H groups in total. The molecule has 0 aromatic heterocycles. The predicted molar refractivity (Wildman–Crippen MR) is 106 cm³/mol. The summed E-state index contributed by atoms with van der Waals surface area (Å²) in [6.45, 7) is 0.472.